The number of halogens is 1. The summed E-state index contributed by atoms with van der Waals surface area (Å²) in [5.74, 6) is 1.96. The van der Waals surface area contributed by atoms with Crippen molar-refractivity contribution in [1.29, 1.82) is 0 Å². The molecule has 0 unspecified atom stereocenters. The van der Waals surface area contributed by atoms with Gasteiger partial charge in [0.1, 0.15) is 5.75 Å². The molecule has 1 aromatic carbocycles. The number of hydrogen-bond donors (Lipinski definition) is 1. The fourth-order valence-electron chi connectivity index (χ4n) is 2.20. The van der Waals surface area contributed by atoms with Gasteiger partial charge in [0.25, 0.3) is 0 Å². The molecule has 2 rings (SSSR count). The number of nitrogens with one attached hydrogen (secondary N) is 1. The van der Waals surface area contributed by atoms with Gasteiger partial charge in [-0.2, -0.15) is 0 Å². The first-order valence-electron chi connectivity index (χ1n) is 6.90. The molecule has 0 spiro atoms. The first kappa shape index (κ1) is 15.7. The van der Waals surface area contributed by atoms with E-state index in [4.69, 9.17) is 9.73 Å². The molecule has 1 aliphatic rings. The summed E-state index contributed by atoms with van der Waals surface area (Å²) < 4.78 is 6.40. The van der Waals surface area contributed by atoms with Crippen molar-refractivity contribution in [2.24, 2.45) is 10.4 Å². The van der Waals surface area contributed by atoms with Gasteiger partial charge in [-0.15, -0.1) is 0 Å². The number of thioether (sulfide) groups is 1. The Hall–Kier alpha value is -0.680. The zero-order valence-electron chi connectivity index (χ0n) is 12.2. The minimum Gasteiger partial charge on any atom is -0.495 e. The summed E-state index contributed by atoms with van der Waals surface area (Å²) in [5.41, 5.74) is 1.32. The van der Waals surface area contributed by atoms with Gasteiger partial charge in [-0.3, -0.25) is 4.99 Å². The highest BCUT2D eigenvalue weighted by Gasteiger charge is 2.30. The number of rotatable bonds is 4. The minimum atomic E-state index is 0.372. The van der Waals surface area contributed by atoms with Gasteiger partial charge in [0.05, 0.1) is 12.8 Å². The number of nitrogens with zero attached hydrogens (tertiary/aromatic N) is 1. The van der Waals surface area contributed by atoms with Crippen molar-refractivity contribution in [2.45, 2.75) is 26.7 Å². The SMILES string of the molecule is CCC1(CC)CN=C(Nc2cc(Br)ccc2OC)SC1. The van der Waals surface area contributed by atoms with Gasteiger partial charge in [0, 0.05) is 16.8 Å². The fraction of sp³-hybridized carbons (Fsp3) is 0.533. The third-order valence-corrected chi connectivity index (χ3v) is 5.73. The second-order valence-corrected chi connectivity index (χ2v) is 6.97. The third-order valence-electron chi connectivity index (χ3n) is 3.98. The Labute approximate surface area is 133 Å². The predicted octanol–water partition coefficient (Wildman–Crippen LogP) is 4.78. The number of methoxy groups -OCH3 is 1. The molecular weight excluding hydrogens is 336 g/mol. The molecule has 1 aliphatic heterocycles. The zero-order valence-corrected chi connectivity index (χ0v) is 14.6. The number of anilines is 1. The Balaban J connectivity index is 2.12. The van der Waals surface area contributed by atoms with Crippen molar-refractivity contribution in [2.75, 3.05) is 24.7 Å². The standard InChI is InChI=1S/C15H21BrN2OS/c1-4-15(5-2)9-17-14(20-10-15)18-12-8-11(16)6-7-13(12)19-3/h6-8H,4-5,9-10H2,1-3H3,(H,17,18). The van der Waals surface area contributed by atoms with Crippen LogP contribution >= 0.6 is 27.7 Å². The summed E-state index contributed by atoms with van der Waals surface area (Å²) in [4.78, 5) is 4.72. The van der Waals surface area contributed by atoms with E-state index in [-0.39, 0.29) is 0 Å². The highest BCUT2D eigenvalue weighted by atomic mass is 79.9. The average molecular weight is 357 g/mol. The molecule has 0 aromatic heterocycles. The van der Waals surface area contributed by atoms with Crippen LogP contribution in [-0.4, -0.2) is 24.6 Å². The lowest BCUT2D eigenvalue weighted by Crippen LogP contribution is -2.32. The van der Waals surface area contributed by atoms with Gasteiger partial charge in [0.2, 0.25) is 0 Å². The van der Waals surface area contributed by atoms with E-state index in [0.29, 0.717) is 5.41 Å². The number of hydrogen-bond acceptors (Lipinski definition) is 4. The zero-order chi connectivity index (χ0) is 14.6. The maximum absolute atomic E-state index is 5.38. The van der Waals surface area contributed by atoms with Gasteiger partial charge in [-0.05, 0) is 36.5 Å². The van der Waals surface area contributed by atoms with Crippen LogP contribution in [0.2, 0.25) is 0 Å². The molecular formula is C15H21BrN2OS. The van der Waals surface area contributed by atoms with Crippen LogP contribution in [-0.2, 0) is 0 Å². The molecule has 3 nitrogen and oxygen atoms in total. The van der Waals surface area contributed by atoms with Crippen LogP contribution in [0.15, 0.2) is 27.7 Å². The molecule has 5 heteroatoms. The Kier molecular flexibility index (Phi) is 5.38. The van der Waals surface area contributed by atoms with Gasteiger partial charge >= 0.3 is 0 Å². The topological polar surface area (TPSA) is 33.6 Å². The molecule has 1 aromatic rings. The van der Waals surface area contributed by atoms with Crippen molar-refractivity contribution in [3.8, 4) is 5.75 Å². The summed E-state index contributed by atoms with van der Waals surface area (Å²) in [5, 5.41) is 4.37. The lowest BCUT2D eigenvalue weighted by molar-refractivity contribution is 0.318. The quantitative estimate of drug-likeness (QED) is 0.842. The third kappa shape index (κ3) is 3.50. The molecule has 1 N–H and O–H groups in total. The second-order valence-electron chi connectivity index (χ2n) is 5.09. The fourth-order valence-corrected chi connectivity index (χ4v) is 3.84. The van der Waals surface area contributed by atoms with Crippen molar-refractivity contribution in [3.05, 3.63) is 22.7 Å². The Morgan fingerprint density at radius 2 is 2.15 bits per heavy atom. The largest absolute Gasteiger partial charge is 0.495 e. The summed E-state index contributed by atoms with van der Waals surface area (Å²) in [6.45, 7) is 5.43. The highest BCUT2D eigenvalue weighted by molar-refractivity contribution is 9.10. The maximum atomic E-state index is 5.38. The van der Waals surface area contributed by atoms with Crippen LogP contribution in [0.3, 0.4) is 0 Å². The van der Waals surface area contributed by atoms with Crippen LogP contribution in [0.25, 0.3) is 0 Å². The first-order valence-corrected chi connectivity index (χ1v) is 8.68. The molecule has 0 bridgehead atoms. The molecule has 1 heterocycles. The Morgan fingerprint density at radius 3 is 2.70 bits per heavy atom. The molecule has 110 valence electrons. The van der Waals surface area contributed by atoms with E-state index in [1.165, 1.54) is 12.8 Å². The Bertz CT molecular complexity index is 501. The molecule has 0 amide bonds. The van der Waals surface area contributed by atoms with Gasteiger partial charge in [-0.25, -0.2) is 0 Å². The number of amidine groups is 1. The van der Waals surface area contributed by atoms with Crippen LogP contribution in [0.4, 0.5) is 5.69 Å². The van der Waals surface area contributed by atoms with E-state index < -0.39 is 0 Å². The average Bonchev–Trinajstić information content (AvgIpc) is 2.49. The molecule has 0 fully saturated rings. The van der Waals surface area contributed by atoms with Crippen molar-refractivity contribution >= 4 is 38.5 Å². The summed E-state index contributed by atoms with van der Waals surface area (Å²) in [7, 11) is 1.68. The van der Waals surface area contributed by atoms with E-state index in [2.05, 4.69) is 35.1 Å². The van der Waals surface area contributed by atoms with Crippen LogP contribution in [0, 0.1) is 5.41 Å². The summed E-state index contributed by atoms with van der Waals surface area (Å²) in [6.07, 6.45) is 2.38. The molecule has 0 radical (unpaired) electrons. The number of aliphatic imine (C=N–C) groups is 1. The van der Waals surface area contributed by atoms with Crippen molar-refractivity contribution in [1.82, 2.24) is 0 Å². The van der Waals surface area contributed by atoms with Crippen molar-refractivity contribution in [3.63, 3.8) is 0 Å². The van der Waals surface area contributed by atoms with Crippen LogP contribution in [0.1, 0.15) is 26.7 Å². The lowest BCUT2D eigenvalue weighted by Gasteiger charge is -2.33. The monoisotopic (exact) mass is 356 g/mol. The van der Waals surface area contributed by atoms with E-state index >= 15 is 0 Å². The number of ether oxygens (including phenoxy) is 1. The molecule has 0 saturated carbocycles. The van der Waals surface area contributed by atoms with Crippen LogP contribution < -0.4 is 10.1 Å². The smallest absolute Gasteiger partial charge is 0.161 e. The Morgan fingerprint density at radius 1 is 1.40 bits per heavy atom. The van der Waals surface area contributed by atoms with E-state index in [0.717, 1.165) is 33.4 Å². The predicted molar refractivity (Wildman–Crippen MR) is 92.1 cm³/mol. The van der Waals surface area contributed by atoms with Crippen molar-refractivity contribution < 1.29 is 4.74 Å². The highest BCUT2D eigenvalue weighted by Crippen LogP contribution is 2.36. The maximum Gasteiger partial charge on any atom is 0.161 e. The lowest BCUT2D eigenvalue weighted by atomic mass is 9.84. The van der Waals surface area contributed by atoms with E-state index in [9.17, 15) is 0 Å². The van der Waals surface area contributed by atoms with E-state index in [1.807, 2.05) is 30.0 Å². The van der Waals surface area contributed by atoms with Gasteiger partial charge < -0.3 is 10.1 Å². The molecule has 0 atom stereocenters. The summed E-state index contributed by atoms with van der Waals surface area (Å²) in [6, 6.07) is 5.94. The first-order chi connectivity index (χ1) is 9.62. The molecule has 20 heavy (non-hydrogen) atoms. The normalized spacial score (nSPS) is 17.5. The summed E-state index contributed by atoms with van der Waals surface area (Å²) >= 11 is 5.30. The number of benzene rings is 1. The van der Waals surface area contributed by atoms with E-state index in [1.54, 1.807) is 7.11 Å². The van der Waals surface area contributed by atoms with Crippen LogP contribution in [0.5, 0.6) is 5.75 Å². The van der Waals surface area contributed by atoms with Gasteiger partial charge in [-0.1, -0.05) is 41.5 Å². The van der Waals surface area contributed by atoms with Gasteiger partial charge in [0.15, 0.2) is 5.17 Å². The second kappa shape index (κ2) is 6.85. The minimum absolute atomic E-state index is 0.372. The molecule has 0 aliphatic carbocycles. The molecule has 0 saturated heterocycles.